The first-order valence-corrected chi connectivity index (χ1v) is 9.46. The van der Waals surface area contributed by atoms with Gasteiger partial charge in [-0.25, -0.2) is 0 Å². The van der Waals surface area contributed by atoms with Crippen LogP contribution < -0.4 is 16.4 Å². The first-order valence-electron chi connectivity index (χ1n) is 9.46. The van der Waals surface area contributed by atoms with E-state index in [1.807, 2.05) is 25.1 Å². The Balaban J connectivity index is 1.77. The molecule has 148 valence electrons. The number of nitrogens with zero attached hydrogens (tertiary/aromatic N) is 2. The van der Waals surface area contributed by atoms with E-state index in [1.54, 1.807) is 18.3 Å². The minimum atomic E-state index is -0.484. The van der Waals surface area contributed by atoms with Crippen molar-refractivity contribution in [3.8, 4) is 0 Å². The molecule has 8 heteroatoms. The van der Waals surface area contributed by atoms with Gasteiger partial charge in [0.2, 0.25) is 0 Å². The van der Waals surface area contributed by atoms with E-state index >= 15 is 0 Å². The first kappa shape index (κ1) is 19.8. The molecule has 1 aliphatic carbocycles. The van der Waals surface area contributed by atoms with E-state index in [1.165, 1.54) is 6.07 Å². The molecule has 1 fully saturated rings. The molecule has 0 bridgehead atoms. The Kier molecular flexibility index (Phi) is 6.20. The Morgan fingerprint density at radius 3 is 2.86 bits per heavy atom. The summed E-state index contributed by atoms with van der Waals surface area (Å²) in [6, 6.07) is 9.81. The molecule has 1 saturated carbocycles. The van der Waals surface area contributed by atoms with Gasteiger partial charge in [-0.2, -0.15) is 0 Å². The number of benzene rings is 1. The number of rotatable bonds is 7. The Bertz CT molecular complexity index is 843. The van der Waals surface area contributed by atoms with Crippen LogP contribution in [0.4, 0.5) is 11.4 Å². The number of amides is 1. The van der Waals surface area contributed by atoms with E-state index in [4.69, 9.17) is 5.73 Å². The summed E-state index contributed by atoms with van der Waals surface area (Å²) in [7, 11) is 0. The van der Waals surface area contributed by atoms with E-state index < -0.39 is 4.92 Å². The van der Waals surface area contributed by atoms with Crippen LogP contribution in [0.1, 0.15) is 48.3 Å². The number of nitrogens with two attached hydrogens (primary N) is 1. The maximum Gasteiger partial charge on any atom is 0.293 e. The predicted octanol–water partition coefficient (Wildman–Crippen LogP) is 3.02. The molecule has 3 atom stereocenters. The Morgan fingerprint density at radius 2 is 2.18 bits per heavy atom. The summed E-state index contributed by atoms with van der Waals surface area (Å²) in [4.78, 5) is 27.9. The number of carbonyl (C=O) groups is 1. The van der Waals surface area contributed by atoms with E-state index in [9.17, 15) is 14.9 Å². The number of hydrogen-bond acceptors (Lipinski definition) is 6. The highest BCUT2D eigenvalue weighted by atomic mass is 16.6. The lowest BCUT2D eigenvalue weighted by atomic mass is 10.0. The number of pyridine rings is 1. The number of carbonyl (C=O) groups excluding carboxylic acids is 1. The zero-order valence-corrected chi connectivity index (χ0v) is 15.8. The molecule has 8 nitrogen and oxygen atoms in total. The Labute approximate surface area is 163 Å². The topological polar surface area (TPSA) is 123 Å². The molecular weight excluding hydrogens is 358 g/mol. The third-order valence-corrected chi connectivity index (χ3v) is 5.24. The van der Waals surface area contributed by atoms with E-state index in [0.717, 1.165) is 25.0 Å². The minimum absolute atomic E-state index is 0.0264. The van der Waals surface area contributed by atoms with Gasteiger partial charge in [0.1, 0.15) is 5.69 Å². The average Bonchev–Trinajstić information content (AvgIpc) is 3.15. The number of nitrogens with one attached hydrogen (secondary N) is 2. The smallest absolute Gasteiger partial charge is 0.293 e. The molecule has 28 heavy (non-hydrogen) atoms. The van der Waals surface area contributed by atoms with Crippen molar-refractivity contribution >= 4 is 17.3 Å². The van der Waals surface area contributed by atoms with Gasteiger partial charge in [-0.1, -0.05) is 12.5 Å². The van der Waals surface area contributed by atoms with Gasteiger partial charge in [0.25, 0.3) is 11.6 Å². The lowest BCUT2D eigenvalue weighted by Gasteiger charge is -2.20. The fourth-order valence-electron chi connectivity index (χ4n) is 3.65. The number of nitro groups is 1. The molecule has 1 heterocycles. The van der Waals surface area contributed by atoms with Crippen molar-refractivity contribution < 1.29 is 9.72 Å². The molecule has 3 unspecified atom stereocenters. The predicted molar refractivity (Wildman–Crippen MR) is 107 cm³/mol. The van der Waals surface area contributed by atoms with Crippen LogP contribution in [0, 0.1) is 16.0 Å². The normalized spacial score (nSPS) is 19.8. The van der Waals surface area contributed by atoms with Crippen LogP contribution in [-0.2, 0) is 0 Å². The third kappa shape index (κ3) is 4.45. The first-order chi connectivity index (χ1) is 13.5. The van der Waals surface area contributed by atoms with Crippen molar-refractivity contribution in [2.45, 2.75) is 38.3 Å². The van der Waals surface area contributed by atoms with Gasteiger partial charge in [0.05, 0.1) is 16.7 Å². The van der Waals surface area contributed by atoms with Crippen molar-refractivity contribution in [3.05, 3.63) is 64.0 Å². The second-order valence-corrected chi connectivity index (χ2v) is 7.12. The van der Waals surface area contributed by atoms with Gasteiger partial charge in [-0.3, -0.25) is 19.9 Å². The second kappa shape index (κ2) is 8.79. The van der Waals surface area contributed by atoms with Crippen LogP contribution in [0.25, 0.3) is 0 Å². The number of nitro benzene ring substituents is 1. The number of anilines is 1. The fourth-order valence-corrected chi connectivity index (χ4v) is 3.65. The van der Waals surface area contributed by atoms with Crippen LogP contribution in [0.5, 0.6) is 0 Å². The summed E-state index contributed by atoms with van der Waals surface area (Å²) in [5.41, 5.74) is 7.01. The lowest BCUT2D eigenvalue weighted by Crippen LogP contribution is -2.39. The van der Waals surface area contributed by atoms with Gasteiger partial charge in [-0.15, -0.1) is 0 Å². The van der Waals surface area contributed by atoms with Crippen molar-refractivity contribution in [2.24, 2.45) is 11.7 Å². The highest BCUT2D eigenvalue weighted by molar-refractivity contribution is 5.96. The molecule has 1 amide bonds. The molecule has 1 aromatic carbocycles. The third-order valence-electron chi connectivity index (χ3n) is 5.24. The summed E-state index contributed by atoms with van der Waals surface area (Å²) in [6.07, 6.45) is 4.58. The van der Waals surface area contributed by atoms with Crippen molar-refractivity contribution in [1.29, 1.82) is 0 Å². The van der Waals surface area contributed by atoms with Gasteiger partial charge < -0.3 is 16.4 Å². The highest BCUT2D eigenvalue weighted by Gasteiger charge is 2.28. The van der Waals surface area contributed by atoms with Crippen molar-refractivity contribution in [2.75, 3.05) is 11.9 Å². The van der Waals surface area contributed by atoms with Crippen LogP contribution in [0.15, 0.2) is 42.6 Å². The summed E-state index contributed by atoms with van der Waals surface area (Å²) in [5, 5.41) is 17.6. The highest BCUT2D eigenvalue weighted by Crippen LogP contribution is 2.30. The Morgan fingerprint density at radius 1 is 1.36 bits per heavy atom. The van der Waals surface area contributed by atoms with Crippen LogP contribution in [0.3, 0.4) is 0 Å². The minimum Gasteiger partial charge on any atom is -0.371 e. The number of hydrogen-bond donors (Lipinski definition) is 3. The van der Waals surface area contributed by atoms with Crippen LogP contribution in [0.2, 0.25) is 0 Å². The fraction of sp³-hybridized carbons (Fsp3) is 0.400. The molecule has 0 saturated heterocycles. The molecule has 0 spiro atoms. The van der Waals surface area contributed by atoms with Crippen molar-refractivity contribution in [1.82, 2.24) is 10.3 Å². The Hall–Kier alpha value is -3.00. The summed E-state index contributed by atoms with van der Waals surface area (Å²) in [6.45, 7) is 2.40. The second-order valence-electron chi connectivity index (χ2n) is 7.12. The van der Waals surface area contributed by atoms with Gasteiger partial charge in [-0.05, 0) is 56.5 Å². The summed E-state index contributed by atoms with van der Waals surface area (Å²) >= 11 is 0. The lowest BCUT2D eigenvalue weighted by molar-refractivity contribution is -0.384. The van der Waals surface area contributed by atoms with Crippen LogP contribution >= 0.6 is 0 Å². The quantitative estimate of drug-likeness (QED) is 0.499. The zero-order chi connectivity index (χ0) is 20.1. The molecule has 1 aromatic heterocycles. The monoisotopic (exact) mass is 383 g/mol. The molecule has 2 aromatic rings. The van der Waals surface area contributed by atoms with Crippen molar-refractivity contribution in [3.63, 3.8) is 0 Å². The van der Waals surface area contributed by atoms with Crippen LogP contribution in [-0.4, -0.2) is 28.4 Å². The molecule has 1 aliphatic rings. The van der Waals surface area contributed by atoms with E-state index in [2.05, 4.69) is 15.6 Å². The average molecular weight is 383 g/mol. The maximum absolute atomic E-state index is 12.6. The molecule has 0 radical (unpaired) electrons. The maximum atomic E-state index is 12.6. The SMILES string of the molecule is CC(Nc1ccc(C(=O)NC2CCCC2CN)cc1[N+](=O)[O-])c1ccccn1. The van der Waals surface area contributed by atoms with Gasteiger partial charge >= 0.3 is 0 Å². The molecular formula is C20H25N5O3. The summed E-state index contributed by atoms with van der Waals surface area (Å²) in [5.74, 6) is -0.0446. The standard InChI is InChI=1S/C20H25N5O3/c1-13(16-6-2-3-10-22-16)23-18-9-8-14(11-19(18)25(27)28)20(26)24-17-7-4-5-15(17)12-21/h2-3,6,8-11,13,15,17,23H,4-5,7,12,21H2,1H3,(H,24,26). The largest absolute Gasteiger partial charge is 0.371 e. The van der Waals surface area contributed by atoms with Gasteiger partial charge in [0.15, 0.2) is 0 Å². The van der Waals surface area contributed by atoms with Gasteiger partial charge in [0, 0.05) is 23.9 Å². The van der Waals surface area contributed by atoms with E-state index in [0.29, 0.717) is 12.2 Å². The zero-order valence-electron chi connectivity index (χ0n) is 15.8. The molecule has 3 rings (SSSR count). The molecule has 0 aliphatic heterocycles. The number of aromatic nitrogens is 1. The molecule has 4 N–H and O–H groups in total. The van der Waals surface area contributed by atoms with E-state index in [-0.39, 0.29) is 35.2 Å². The summed E-state index contributed by atoms with van der Waals surface area (Å²) < 4.78 is 0.